The van der Waals surface area contributed by atoms with Crippen molar-refractivity contribution in [2.45, 2.75) is 32.1 Å². The van der Waals surface area contributed by atoms with Gasteiger partial charge >= 0.3 is 5.97 Å². The Hall–Kier alpha value is -0.710. The highest BCUT2D eigenvalue weighted by atomic mass is 32.2. The second-order valence-corrected chi connectivity index (χ2v) is 5.98. The molecule has 0 aromatic heterocycles. The van der Waals surface area contributed by atoms with Crippen molar-refractivity contribution < 1.29 is 14.3 Å². The lowest BCUT2D eigenvalue weighted by atomic mass is 9.98. The van der Waals surface area contributed by atoms with Gasteiger partial charge in [0.2, 0.25) is 5.91 Å². The Morgan fingerprint density at radius 2 is 2.00 bits per heavy atom. The zero-order chi connectivity index (χ0) is 13.4. The molecule has 0 N–H and O–H groups in total. The summed E-state index contributed by atoms with van der Waals surface area (Å²) in [4.78, 5) is 24.7. The first kappa shape index (κ1) is 15.3. The second kappa shape index (κ2) is 8.40. The van der Waals surface area contributed by atoms with Gasteiger partial charge in [0, 0.05) is 26.4 Å². The second-order valence-electron chi connectivity index (χ2n) is 4.75. The largest absolute Gasteiger partial charge is 0.469 e. The molecule has 1 amide bonds. The summed E-state index contributed by atoms with van der Waals surface area (Å²) in [5.74, 6) is 2.92. The van der Waals surface area contributed by atoms with Gasteiger partial charge in [-0.15, -0.1) is 0 Å². The van der Waals surface area contributed by atoms with Crippen LogP contribution in [0.4, 0.5) is 0 Å². The van der Waals surface area contributed by atoms with Crippen LogP contribution >= 0.6 is 11.8 Å². The van der Waals surface area contributed by atoms with Gasteiger partial charge in [0.05, 0.1) is 7.11 Å². The lowest BCUT2D eigenvalue weighted by Crippen LogP contribution is -2.30. The molecule has 0 bridgehead atoms. The summed E-state index contributed by atoms with van der Waals surface area (Å²) in [5.41, 5.74) is 0. The highest BCUT2D eigenvalue weighted by Crippen LogP contribution is 2.25. The van der Waals surface area contributed by atoms with E-state index in [9.17, 15) is 9.59 Å². The molecule has 18 heavy (non-hydrogen) atoms. The van der Waals surface area contributed by atoms with E-state index in [1.807, 2.05) is 18.8 Å². The van der Waals surface area contributed by atoms with Gasteiger partial charge in [-0.1, -0.05) is 0 Å². The van der Waals surface area contributed by atoms with Crippen molar-refractivity contribution in [3.8, 4) is 0 Å². The summed E-state index contributed by atoms with van der Waals surface area (Å²) in [6, 6.07) is 0. The van der Waals surface area contributed by atoms with Crippen LogP contribution in [0.5, 0.6) is 0 Å². The van der Waals surface area contributed by atoms with Gasteiger partial charge in [-0.05, 0) is 36.7 Å². The number of thioether (sulfide) groups is 1. The van der Waals surface area contributed by atoms with Crippen LogP contribution in [0.1, 0.15) is 32.1 Å². The van der Waals surface area contributed by atoms with Crippen LogP contribution < -0.4 is 0 Å². The predicted octanol–water partition coefficient (Wildman–Crippen LogP) is 1.93. The molecular formula is C13H23NO3S. The molecule has 5 heteroatoms. The summed E-state index contributed by atoms with van der Waals surface area (Å²) >= 11 is 1.98. The van der Waals surface area contributed by atoms with E-state index in [-0.39, 0.29) is 11.9 Å². The lowest BCUT2D eigenvalue weighted by Gasteiger charge is -2.24. The highest BCUT2D eigenvalue weighted by Gasteiger charge is 2.19. The molecule has 0 aliphatic carbocycles. The molecule has 0 aromatic rings. The Morgan fingerprint density at radius 3 is 2.61 bits per heavy atom. The molecule has 4 nitrogen and oxygen atoms in total. The third-order valence-electron chi connectivity index (χ3n) is 3.33. The fourth-order valence-electron chi connectivity index (χ4n) is 2.04. The fraction of sp³-hybridized carbons (Fsp3) is 0.846. The zero-order valence-corrected chi connectivity index (χ0v) is 12.1. The van der Waals surface area contributed by atoms with E-state index in [0.29, 0.717) is 31.7 Å². The first-order chi connectivity index (χ1) is 8.63. The quantitative estimate of drug-likeness (QED) is 0.694. The number of rotatable bonds is 6. The maximum absolute atomic E-state index is 12.0. The van der Waals surface area contributed by atoms with Crippen molar-refractivity contribution in [1.29, 1.82) is 0 Å². The average Bonchev–Trinajstić information content (AvgIpc) is 2.39. The molecule has 0 radical (unpaired) electrons. The molecule has 0 atom stereocenters. The monoisotopic (exact) mass is 273 g/mol. The molecule has 1 saturated heterocycles. The highest BCUT2D eigenvalue weighted by molar-refractivity contribution is 7.99. The van der Waals surface area contributed by atoms with Gasteiger partial charge in [0.25, 0.3) is 0 Å². The molecule has 104 valence electrons. The van der Waals surface area contributed by atoms with E-state index in [0.717, 1.165) is 12.8 Å². The van der Waals surface area contributed by atoms with Crippen LogP contribution in [0.25, 0.3) is 0 Å². The number of hydrogen-bond acceptors (Lipinski definition) is 4. The smallest absolute Gasteiger partial charge is 0.305 e. The van der Waals surface area contributed by atoms with Crippen LogP contribution in [0, 0.1) is 5.92 Å². The van der Waals surface area contributed by atoms with Crippen molar-refractivity contribution in [3.05, 3.63) is 0 Å². The third kappa shape index (κ3) is 5.76. The standard InChI is InChI=1S/C13H23NO3S/c1-14(7-3-4-13(16)17-2)12(15)10-11-5-8-18-9-6-11/h11H,3-10H2,1-2H3. The Balaban J connectivity index is 2.17. The van der Waals surface area contributed by atoms with Gasteiger partial charge < -0.3 is 9.64 Å². The molecule has 1 heterocycles. The normalized spacial score (nSPS) is 16.3. The topological polar surface area (TPSA) is 46.6 Å². The molecule has 1 fully saturated rings. The fourth-order valence-corrected chi connectivity index (χ4v) is 3.24. The molecule has 0 unspecified atom stereocenters. The molecular weight excluding hydrogens is 250 g/mol. The van der Waals surface area contributed by atoms with Crippen LogP contribution in [0.3, 0.4) is 0 Å². The van der Waals surface area contributed by atoms with E-state index in [2.05, 4.69) is 4.74 Å². The number of carbonyl (C=O) groups excluding carboxylic acids is 2. The average molecular weight is 273 g/mol. The summed E-state index contributed by atoms with van der Waals surface area (Å²) in [6.45, 7) is 0.634. The van der Waals surface area contributed by atoms with Gasteiger partial charge in [0.1, 0.15) is 0 Å². The number of hydrogen-bond donors (Lipinski definition) is 0. The van der Waals surface area contributed by atoms with E-state index in [1.165, 1.54) is 18.6 Å². The zero-order valence-electron chi connectivity index (χ0n) is 11.3. The molecule has 0 spiro atoms. The number of nitrogens with zero attached hydrogens (tertiary/aromatic N) is 1. The van der Waals surface area contributed by atoms with Crippen molar-refractivity contribution in [1.82, 2.24) is 4.90 Å². The minimum atomic E-state index is -0.208. The Morgan fingerprint density at radius 1 is 1.33 bits per heavy atom. The number of esters is 1. The molecule has 0 saturated carbocycles. The van der Waals surface area contributed by atoms with Gasteiger partial charge in [-0.3, -0.25) is 9.59 Å². The maximum Gasteiger partial charge on any atom is 0.305 e. The maximum atomic E-state index is 12.0. The first-order valence-corrected chi connectivity index (χ1v) is 7.67. The number of amides is 1. The Bertz CT molecular complexity index is 277. The summed E-state index contributed by atoms with van der Waals surface area (Å²) < 4.78 is 4.57. The van der Waals surface area contributed by atoms with E-state index in [1.54, 1.807) is 4.90 Å². The van der Waals surface area contributed by atoms with E-state index >= 15 is 0 Å². The number of methoxy groups -OCH3 is 1. The molecule has 0 aromatic carbocycles. The third-order valence-corrected chi connectivity index (χ3v) is 4.38. The number of ether oxygens (including phenoxy) is 1. The SMILES string of the molecule is COC(=O)CCCN(C)C(=O)CC1CCSCC1. The van der Waals surface area contributed by atoms with E-state index in [4.69, 9.17) is 0 Å². The van der Waals surface area contributed by atoms with Crippen molar-refractivity contribution in [2.75, 3.05) is 32.2 Å². The minimum Gasteiger partial charge on any atom is -0.469 e. The number of carbonyl (C=O) groups is 2. The van der Waals surface area contributed by atoms with E-state index < -0.39 is 0 Å². The van der Waals surface area contributed by atoms with Crippen LogP contribution in [-0.2, 0) is 14.3 Å². The van der Waals surface area contributed by atoms with Crippen molar-refractivity contribution >= 4 is 23.6 Å². The lowest BCUT2D eigenvalue weighted by molar-refractivity contribution is -0.141. The molecule has 1 rings (SSSR count). The van der Waals surface area contributed by atoms with Crippen LogP contribution in [0.15, 0.2) is 0 Å². The summed E-state index contributed by atoms with van der Waals surface area (Å²) in [5, 5.41) is 0. The van der Waals surface area contributed by atoms with Gasteiger partial charge in [0.15, 0.2) is 0 Å². The Labute approximate surface area is 113 Å². The van der Waals surface area contributed by atoms with Gasteiger partial charge in [-0.25, -0.2) is 0 Å². The van der Waals surface area contributed by atoms with Crippen LogP contribution in [0.2, 0.25) is 0 Å². The Kier molecular flexibility index (Phi) is 7.16. The van der Waals surface area contributed by atoms with Gasteiger partial charge in [-0.2, -0.15) is 11.8 Å². The van der Waals surface area contributed by atoms with Crippen molar-refractivity contribution in [2.24, 2.45) is 5.92 Å². The summed E-state index contributed by atoms with van der Waals surface area (Å²) in [7, 11) is 3.20. The molecule has 1 aliphatic rings. The minimum absolute atomic E-state index is 0.205. The van der Waals surface area contributed by atoms with Crippen molar-refractivity contribution in [3.63, 3.8) is 0 Å². The molecule has 1 aliphatic heterocycles. The van der Waals surface area contributed by atoms with Crippen LogP contribution in [-0.4, -0.2) is 49.0 Å². The first-order valence-electron chi connectivity index (χ1n) is 6.52. The summed E-state index contributed by atoms with van der Waals surface area (Å²) in [6.07, 6.45) is 4.04. The predicted molar refractivity (Wildman–Crippen MR) is 73.6 cm³/mol.